The largest absolute Gasteiger partial charge is 0.481 e. The molecule has 1 aliphatic heterocycles. The molecule has 3 N–H and O–H groups in total. The van der Waals surface area contributed by atoms with Crippen molar-refractivity contribution in [2.24, 2.45) is 5.73 Å². The van der Waals surface area contributed by atoms with E-state index >= 15 is 0 Å². The average Bonchev–Trinajstić information content (AvgIpc) is 2.82. The Morgan fingerprint density at radius 1 is 1.18 bits per heavy atom. The molecule has 1 aromatic rings. The van der Waals surface area contributed by atoms with Crippen molar-refractivity contribution in [2.75, 3.05) is 13.7 Å². The standard InChI is InChI=1S/C20H33BN2O4.ClH/c1-19(2)20(3,4)27-21(26-19)17(23-18(24)16(22)14-25-5)13-9-12-15-10-7-6-8-11-15;/h6-8,10-11,16-17H,9,12-14,22H2,1-5H3,(H,23,24);1H. The van der Waals surface area contributed by atoms with E-state index in [1.54, 1.807) is 0 Å². The van der Waals surface area contributed by atoms with Crippen molar-refractivity contribution in [1.29, 1.82) is 0 Å². The summed E-state index contributed by atoms with van der Waals surface area (Å²) in [5.41, 5.74) is 6.25. The molecule has 8 heteroatoms. The van der Waals surface area contributed by atoms with Crippen LogP contribution in [0.2, 0.25) is 0 Å². The molecule has 2 rings (SSSR count). The van der Waals surface area contributed by atoms with Crippen LogP contribution in [0.1, 0.15) is 46.1 Å². The van der Waals surface area contributed by atoms with E-state index in [4.69, 9.17) is 19.8 Å². The Labute approximate surface area is 175 Å². The van der Waals surface area contributed by atoms with Gasteiger partial charge in [-0.2, -0.15) is 0 Å². The number of carbonyl (C=O) groups excluding carboxylic acids is 1. The average molecular weight is 413 g/mol. The van der Waals surface area contributed by atoms with E-state index in [2.05, 4.69) is 17.4 Å². The zero-order valence-electron chi connectivity index (χ0n) is 17.6. The third-order valence-corrected chi connectivity index (χ3v) is 5.43. The van der Waals surface area contributed by atoms with E-state index in [1.807, 2.05) is 45.9 Å². The Morgan fingerprint density at radius 3 is 2.29 bits per heavy atom. The highest BCUT2D eigenvalue weighted by Crippen LogP contribution is 2.38. The predicted octanol–water partition coefficient (Wildman–Crippen LogP) is 2.52. The number of aryl methyl sites for hydroxylation is 1. The maximum atomic E-state index is 12.4. The Kier molecular flexibility index (Phi) is 9.44. The number of nitrogens with one attached hydrogen (secondary N) is 1. The number of carbonyl (C=O) groups is 1. The van der Waals surface area contributed by atoms with Crippen molar-refractivity contribution in [3.8, 4) is 0 Å². The molecule has 158 valence electrons. The molecule has 0 aliphatic carbocycles. The quantitative estimate of drug-likeness (QED) is 0.609. The van der Waals surface area contributed by atoms with Gasteiger partial charge in [-0.25, -0.2) is 0 Å². The molecule has 0 spiro atoms. The lowest BCUT2D eigenvalue weighted by Gasteiger charge is -2.32. The van der Waals surface area contributed by atoms with Gasteiger partial charge in [-0.05, 0) is 52.5 Å². The Morgan fingerprint density at radius 2 is 1.75 bits per heavy atom. The van der Waals surface area contributed by atoms with Crippen LogP contribution in [0, 0.1) is 0 Å². The minimum atomic E-state index is -0.714. The van der Waals surface area contributed by atoms with Gasteiger partial charge in [0.15, 0.2) is 0 Å². The summed E-state index contributed by atoms with van der Waals surface area (Å²) in [4.78, 5) is 12.4. The van der Waals surface area contributed by atoms with Crippen molar-refractivity contribution in [3.63, 3.8) is 0 Å². The molecule has 1 aromatic carbocycles. The van der Waals surface area contributed by atoms with Crippen molar-refractivity contribution >= 4 is 25.4 Å². The van der Waals surface area contributed by atoms with Gasteiger partial charge in [0.25, 0.3) is 0 Å². The summed E-state index contributed by atoms with van der Waals surface area (Å²) in [6.45, 7) is 8.20. The maximum Gasteiger partial charge on any atom is 0.481 e. The molecule has 2 atom stereocenters. The second kappa shape index (κ2) is 10.6. The van der Waals surface area contributed by atoms with E-state index in [-0.39, 0.29) is 30.9 Å². The van der Waals surface area contributed by atoms with Gasteiger partial charge >= 0.3 is 7.12 Å². The number of hydrogen-bond acceptors (Lipinski definition) is 5. The van der Waals surface area contributed by atoms with Gasteiger partial charge in [-0.3, -0.25) is 4.79 Å². The summed E-state index contributed by atoms with van der Waals surface area (Å²) in [6, 6.07) is 9.58. The highest BCUT2D eigenvalue weighted by Gasteiger charge is 2.54. The van der Waals surface area contributed by atoms with E-state index < -0.39 is 24.4 Å². The van der Waals surface area contributed by atoms with Crippen LogP contribution in [0.15, 0.2) is 30.3 Å². The van der Waals surface area contributed by atoms with Crippen LogP contribution in [0.4, 0.5) is 0 Å². The molecular formula is C20H34BClN2O4. The number of rotatable bonds is 9. The molecular weight excluding hydrogens is 378 g/mol. The Balaban J connectivity index is 0.00000392. The summed E-state index contributed by atoms with van der Waals surface area (Å²) >= 11 is 0. The van der Waals surface area contributed by atoms with Crippen LogP contribution in [0.25, 0.3) is 0 Å². The van der Waals surface area contributed by atoms with Crippen LogP contribution in [-0.4, -0.2) is 49.9 Å². The third kappa shape index (κ3) is 6.46. The summed E-state index contributed by atoms with van der Waals surface area (Å²) in [5.74, 6) is -0.526. The second-order valence-electron chi connectivity index (χ2n) is 8.18. The summed E-state index contributed by atoms with van der Waals surface area (Å²) in [7, 11) is 1.02. The van der Waals surface area contributed by atoms with Gasteiger partial charge in [0, 0.05) is 7.11 Å². The molecule has 2 unspecified atom stereocenters. The highest BCUT2D eigenvalue weighted by atomic mass is 35.5. The SMILES string of the molecule is COCC(N)C(=O)NC(CCCc1ccccc1)B1OC(C)(C)C(C)(C)O1.Cl. The van der Waals surface area contributed by atoms with E-state index in [1.165, 1.54) is 12.7 Å². The lowest BCUT2D eigenvalue weighted by Crippen LogP contribution is -2.53. The molecule has 0 saturated carbocycles. The van der Waals surface area contributed by atoms with Gasteiger partial charge in [-0.1, -0.05) is 30.3 Å². The van der Waals surface area contributed by atoms with E-state index in [0.717, 1.165) is 19.3 Å². The predicted molar refractivity (Wildman–Crippen MR) is 114 cm³/mol. The fourth-order valence-electron chi connectivity index (χ4n) is 3.04. The molecule has 28 heavy (non-hydrogen) atoms. The number of nitrogens with two attached hydrogens (primary N) is 1. The van der Waals surface area contributed by atoms with Crippen LogP contribution in [0.5, 0.6) is 0 Å². The molecule has 0 bridgehead atoms. The Hall–Kier alpha value is -1.12. The molecule has 1 saturated heterocycles. The lowest BCUT2D eigenvalue weighted by atomic mass is 9.75. The first-order chi connectivity index (χ1) is 12.7. The second-order valence-corrected chi connectivity index (χ2v) is 8.18. The van der Waals surface area contributed by atoms with Gasteiger partial charge in [0.05, 0.1) is 23.8 Å². The number of ether oxygens (including phenoxy) is 1. The summed E-state index contributed by atoms with van der Waals surface area (Å²) in [6.07, 6.45) is 2.56. The summed E-state index contributed by atoms with van der Waals surface area (Å²) in [5, 5.41) is 3.01. The third-order valence-electron chi connectivity index (χ3n) is 5.43. The van der Waals surface area contributed by atoms with E-state index in [0.29, 0.717) is 0 Å². The molecule has 1 heterocycles. The zero-order valence-corrected chi connectivity index (χ0v) is 18.4. The van der Waals surface area contributed by atoms with Gasteiger partial charge in [0.1, 0.15) is 6.04 Å². The smallest absolute Gasteiger partial charge is 0.402 e. The summed E-state index contributed by atoms with van der Waals surface area (Å²) < 4.78 is 17.3. The number of amides is 1. The van der Waals surface area contributed by atoms with Crippen molar-refractivity contribution in [1.82, 2.24) is 5.32 Å². The fourth-order valence-corrected chi connectivity index (χ4v) is 3.04. The maximum absolute atomic E-state index is 12.4. The molecule has 0 aromatic heterocycles. The van der Waals surface area contributed by atoms with Gasteiger partial charge in [0.2, 0.25) is 5.91 Å². The van der Waals surface area contributed by atoms with Crippen molar-refractivity contribution in [2.45, 2.75) is 70.1 Å². The first-order valence-electron chi connectivity index (χ1n) is 9.61. The van der Waals surface area contributed by atoms with Crippen LogP contribution in [0.3, 0.4) is 0 Å². The number of benzene rings is 1. The minimum Gasteiger partial charge on any atom is -0.402 e. The van der Waals surface area contributed by atoms with Crippen molar-refractivity contribution in [3.05, 3.63) is 35.9 Å². The number of halogens is 1. The van der Waals surface area contributed by atoms with Gasteiger partial charge < -0.3 is 25.1 Å². The lowest BCUT2D eigenvalue weighted by molar-refractivity contribution is -0.123. The first kappa shape index (κ1) is 24.9. The molecule has 1 aliphatic rings. The van der Waals surface area contributed by atoms with E-state index in [9.17, 15) is 4.79 Å². The molecule has 1 fully saturated rings. The number of hydrogen-bond donors (Lipinski definition) is 2. The molecule has 6 nitrogen and oxygen atoms in total. The normalized spacial score (nSPS) is 19.6. The molecule has 1 amide bonds. The Bertz CT molecular complexity index is 599. The highest BCUT2D eigenvalue weighted by molar-refractivity contribution is 6.48. The van der Waals surface area contributed by atoms with Crippen LogP contribution >= 0.6 is 12.4 Å². The first-order valence-corrected chi connectivity index (χ1v) is 9.61. The van der Waals surface area contributed by atoms with Crippen LogP contribution < -0.4 is 11.1 Å². The monoisotopic (exact) mass is 412 g/mol. The number of methoxy groups -OCH3 is 1. The van der Waals surface area contributed by atoms with Crippen LogP contribution in [-0.2, 0) is 25.3 Å². The minimum absolute atomic E-state index is 0. The topological polar surface area (TPSA) is 82.8 Å². The van der Waals surface area contributed by atoms with Crippen molar-refractivity contribution < 1.29 is 18.8 Å². The zero-order chi connectivity index (χ0) is 20.1. The van der Waals surface area contributed by atoms with Gasteiger partial charge in [-0.15, -0.1) is 12.4 Å². The molecule has 0 radical (unpaired) electrons. The fraction of sp³-hybridized carbons (Fsp3) is 0.650.